The minimum absolute atomic E-state index is 0.0492. The first-order valence-corrected chi connectivity index (χ1v) is 15.5. The summed E-state index contributed by atoms with van der Waals surface area (Å²) in [6.07, 6.45) is 5.93. The Balaban J connectivity index is 1.56. The first-order valence-electron chi connectivity index (χ1n) is 13.2. The number of hydrogen-bond acceptors (Lipinski definition) is 3. The van der Waals surface area contributed by atoms with E-state index in [0.29, 0.717) is 23.7 Å². The standard InChI is InChI=1S/C31H34BrClN2O2S/c32-26-16-14-24(15-17-26)21-38-22-30(36)35(20-25-10-7-11-27(33)18-25)29(19-23-8-3-1-4-9-23)31(37)34-28-12-5-2-6-13-28/h1,3-4,7-11,14-18,28-29H,2,5-6,12-13,19-22H2,(H,34,37). The zero-order valence-electron chi connectivity index (χ0n) is 21.5. The molecule has 1 unspecified atom stereocenters. The zero-order valence-corrected chi connectivity index (χ0v) is 24.6. The number of rotatable bonds is 11. The first-order chi connectivity index (χ1) is 18.5. The minimum atomic E-state index is -0.612. The summed E-state index contributed by atoms with van der Waals surface area (Å²) >= 11 is 11.3. The second kappa shape index (κ2) is 14.8. The fourth-order valence-corrected chi connectivity index (χ4v) is 6.20. The first kappa shape index (κ1) is 28.7. The van der Waals surface area contributed by atoms with Crippen molar-refractivity contribution in [1.82, 2.24) is 10.2 Å². The van der Waals surface area contributed by atoms with Crippen LogP contribution in [0.15, 0.2) is 83.3 Å². The molecule has 0 radical (unpaired) electrons. The van der Waals surface area contributed by atoms with E-state index in [0.717, 1.165) is 52.6 Å². The summed E-state index contributed by atoms with van der Waals surface area (Å²) in [4.78, 5) is 29.3. The number of carbonyl (C=O) groups is 2. The maximum absolute atomic E-state index is 13.8. The quantitative estimate of drug-likeness (QED) is 0.245. The number of thioether (sulfide) groups is 1. The Morgan fingerprint density at radius 3 is 2.34 bits per heavy atom. The SMILES string of the molecule is O=C(NC1CCCCC1)C(Cc1ccccc1)N(Cc1cccc(Cl)c1)C(=O)CSCc1ccc(Br)cc1. The van der Waals surface area contributed by atoms with Gasteiger partial charge in [0.15, 0.2) is 0 Å². The van der Waals surface area contributed by atoms with Crippen LogP contribution in [0.5, 0.6) is 0 Å². The highest BCUT2D eigenvalue weighted by atomic mass is 79.9. The highest BCUT2D eigenvalue weighted by Crippen LogP contribution is 2.22. The normalized spacial score (nSPS) is 14.6. The Morgan fingerprint density at radius 1 is 0.921 bits per heavy atom. The van der Waals surface area contributed by atoms with Gasteiger partial charge in [0.2, 0.25) is 11.8 Å². The van der Waals surface area contributed by atoms with Gasteiger partial charge in [-0.25, -0.2) is 0 Å². The van der Waals surface area contributed by atoms with Crippen molar-refractivity contribution in [2.75, 3.05) is 5.75 Å². The number of halogens is 2. The van der Waals surface area contributed by atoms with E-state index >= 15 is 0 Å². The van der Waals surface area contributed by atoms with E-state index in [-0.39, 0.29) is 17.9 Å². The van der Waals surface area contributed by atoms with Crippen molar-refractivity contribution in [3.05, 3.63) is 105 Å². The summed E-state index contributed by atoms with van der Waals surface area (Å²) in [6.45, 7) is 0.327. The highest BCUT2D eigenvalue weighted by Gasteiger charge is 2.31. The van der Waals surface area contributed by atoms with E-state index in [4.69, 9.17) is 11.6 Å². The van der Waals surface area contributed by atoms with Gasteiger partial charge >= 0.3 is 0 Å². The molecule has 1 N–H and O–H groups in total. The molecule has 3 aromatic carbocycles. The van der Waals surface area contributed by atoms with Crippen LogP contribution < -0.4 is 5.32 Å². The van der Waals surface area contributed by atoms with Crippen molar-refractivity contribution in [2.45, 2.75) is 62.9 Å². The second-order valence-corrected chi connectivity index (χ2v) is 12.2. The van der Waals surface area contributed by atoms with E-state index < -0.39 is 6.04 Å². The van der Waals surface area contributed by atoms with Gasteiger partial charge in [-0.3, -0.25) is 9.59 Å². The molecule has 1 fully saturated rings. The maximum Gasteiger partial charge on any atom is 0.243 e. The fraction of sp³-hybridized carbons (Fsp3) is 0.355. The molecule has 0 spiro atoms. The average Bonchev–Trinajstić information content (AvgIpc) is 2.93. The number of hydrogen-bond donors (Lipinski definition) is 1. The largest absolute Gasteiger partial charge is 0.352 e. The molecular formula is C31H34BrClN2O2S. The topological polar surface area (TPSA) is 49.4 Å². The summed E-state index contributed by atoms with van der Waals surface area (Å²) in [5, 5.41) is 3.91. The molecule has 200 valence electrons. The summed E-state index contributed by atoms with van der Waals surface area (Å²) in [5.41, 5.74) is 3.10. The summed E-state index contributed by atoms with van der Waals surface area (Å²) in [6, 6.07) is 25.2. The number of nitrogens with zero attached hydrogens (tertiary/aromatic N) is 1. The van der Waals surface area contributed by atoms with Crippen molar-refractivity contribution < 1.29 is 9.59 Å². The molecule has 0 saturated heterocycles. The molecule has 7 heteroatoms. The Hall–Kier alpha value is -2.28. The van der Waals surface area contributed by atoms with Crippen molar-refractivity contribution in [3.8, 4) is 0 Å². The van der Waals surface area contributed by atoms with Crippen molar-refractivity contribution in [2.24, 2.45) is 0 Å². The molecule has 0 bridgehead atoms. The Morgan fingerprint density at radius 2 is 1.63 bits per heavy atom. The van der Waals surface area contributed by atoms with Crippen LogP contribution in [0.3, 0.4) is 0 Å². The molecule has 3 aromatic rings. The molecular weight excluding hydrogens is 580 g/mol. The molecule has 4 rings (SSSR count). The number of benzene rings is 3. The van der Waals surface area contributed by atoms with E-state index in [9.17, 15) is 9.59 Å². The number of amides is 2. The molecule has 2 amide bonds. The second-order valence-electron chi connectivity index (χ2n) is 9.82. The fourth-order valence-electron chi connectivity index (χ4n) is 4.85. The highest BCUT2D eigenvalue weighted by molar-refractivity contribution is 9.10. The van der Waals surface area contributed by atoms with Crippen molar-refractivity contribution >= 4 is 51.1 Å². The van der Waals surface area contributed by atoms with Crippen molar-refractivity contribution in [3.63, 3.8) is 0 Å². The van der Waals surface area contributed by atoms with E-state index in [2.05, 4.69) is 33.4 Å². The molecule has 4 nitrogen and oxygen atoms in total. The van der Waals surface area contributed by atoms with E-state index in [1.807, 2.05) is 66.7 Å². The van der Waals surface area contributed by atoms with Crippen molar-refractivity contribution in [1.29, 1.82) is 0 Å². The molecule has 38 heavy (non-hydrogen) atoms. The monoisotopic (exact) mass is 612 g/mol. The molecule has 1 aliphatic carbocycles. The van der Waals surface area contributed by atoms with Gasteiger partial charge in [0, 0.05) is 34.3 Å². The lowest BCUT2D eigenvalue weighted by Gasteiger charge is -2.33. The molecule has 1 atom stereocenters. The van der Waals surface area contributed by atoms with Crippen LogP contribution in [-0.2, 0) is 28.3 Å². The molecule has 1 aliphatic rings. The lowest BCUT2D eigenvalue weighted by molar-refractivity contribution is -0.139. The van der Waals surface area contributed by atoms with Crippen LogP contribution in [0, 0.1) is 0 Å². The van der Waals surface area contributed by atoms with E-state index in [1.54, 1.807) is 16.7 Å². The zero-order chi connectivity index (χ0) is 26.7. The van der Waals surface area contributed by atoms with Crippen LogP contribution in [0.2, 0.25) is 5.02 Å². The number of nitrogens with one attached hydrogen (secondary N) is 1. The molecule has 1 saturated carbocycles. The van der Waals surface area contributed by atoms with Crippen LogP contribution in [-0.4, -0.2) is 34.6 Å². The molecule has 0 aromatic heterocycles. The van der Waals surface area contributed by atoms with Gasteiger partial charge in [0.1, 0.15) is 6.04 Å². The van der Waals surface area contributed by atoms with Gasteiger partial charge in [-0.15, -0.1) is 11.8 Å². The summed E-state index contributed by atoms with van der Waals surface area (Å²) < 4.78 is 1.03. The van der Waals surface area contributed by atoms with Crippen LogP contribution in [0.4, 0.5) is 0 Å². The van der Waals surface area contributed by atoms with E-state index in [1.165, 1.54) is 6.42 Å². The summed E-state index contributed by atoms with van der Waals surface area (Å²) in [7, 11) is 0. The van der Waals surface area contributed by atoms with Gasteiger partial charge in [-0.2, -0.15) is 0 Å². The molecule has 0 heterocycles. The minimum Gasteiger partial charge on any atom is -0.352 e. The maximum atomic E-state index is 13.8. The van der Waals surface area contributed by atoms with Gasteiger partial charge < -0.3 is 10.2 Å². The predicted molar refractivity (Wildman–Crippen MR) is 161 cm³/mol. The van der Waals surface area contributed by atoms with Gasteiger partial charge in [-0.1, -0.05) is 101 Å². The Labute approximate surface area is 243 Å². The molecule has 0 aliphatic heterocycles. The third kappa shape index (κ3) is 8.89. The van der Waals surface area contributed by atoms with Gasteiger partial charge in [0.25, 0.3) is 0 Å². The predicted octanol–water partition coefficient (Wildman–Crippen LogP) is 7.42. The van der Waals surface area contributed by atoms with Gasteiger partial charge in [-0.05, 0) is 53.8 Å². The van der Waals surface area contributed by atoms with Crippen LogP contribution >= 0.6 is 39.3 Å². The summed E-state index contributed by atoms with van der Waals surface area (Å²) in [5.74, 6) is 0.890. The van der Waals surface area contributed by atoms with Gasteiger partial charge in [0.05, 0.1) is 5.75 Å². The Bertz CT molecular complexity index is 1190. The third-order valence-electron chi connectivity index (χ3n) is 6.87. The Kier molecular flexibility index (Phi) is 11.2. The third-order valence-corrected chi connectivity index (χ3v) is 8.62. The average molecular weight is 614 g/mol. The smallest absolute Gasteiger partial charge is 0.243 e. The lowest BCUT2D eigenvalue weighted by atomic mass is 9.94. The lowest BCUT2D eigenvalue weighted by Crippen LogP contribution is -2.53. The van der Waals surface area contributed by atoms with Crippen LogP contribution in [0.1, 0.15) is 48.8 Å². The number of carbonyl (C=O) groups excluding carboxylic acids is 2. The van der Waals surface area contributed by atoms with Crippen LogP contribution in [0.25, 0.3) is 0 Å².